The number of hydrogen-bond donors (Lipinski definition) is 3. The molecule has 3 N–H and O–H groups in total. The van der Waals surface area contributed by atoms with Crippen LogP contribution in [-0.4, -0.2) is 34.3 Å². The summed E-state index contributed by atoms with van der Waals surface area (Å²) in [5.41, 5.74) is 1.80. The Bertz CT molecular complexity index is 890. The van der Waals surface area contributed by atoms with Crippen LogP contribution in [0.25, 0.3) is 10.9 Å². The molecule has 0 saturated carbocycles. The molecular formula is C16H15N5O3. The maximum absolute atomic E-state index is 12.4. The number of carbonyl (C=O) groups excluding carboxylic acids is 2. The average Bonchev–Trinajstić information content (AvgIpc) is 3.03. The zero-order valence-electron chi connectivity index (χ0n) is 12.9. The number of nitrogens with zero attached hydrogens (tertiary/aromatic N) is 2. The molecule has 0 unspecified atom stereocenters. The quantitative estimate of drug-likeness (QED) is 0.680. The number of rotatable bonds is 4. The highest BCUT2D eigenvalue weighted by Crippen LogP contribution is 2.20. The van der Waals surface area contributed by atoms with Gasteiger partial charge < -0.3 is 15.4 Å². The maximum Gasteiger partial charge on any atom is 0.407 e. The Morgan fingerprint density at radius 2 is 2.08 bits per heavy atom. The second-order valence-corrected chi connectivity index (χ2v) is 4.95. The fourth-order valence-corrected chi connectivity index (χ4v) is 2.19. The molecule has 0 saturated heterocycles. The monoisotopic (exact) mass is 325 g/mol. The van der Waals surface area contributed by atoms with Gasteiger partial charge in [0.05, 0.1) is 24.9 Å². The topological polar surface area (TPSA) is 109 Å². The largest absolute Gasteiger partial charge is 0.453 e. The molecule has 0 atom stereocenters. The lowest BCUT2D eigenvalue weighted by molar-refractivity contribution is 0.102. The normalized spacial score (nSPS) is 10.4. The van der Waals surface area contributed by atoms with Crippen LogP contribution >= 0.6 is 0 Å². The molecule has 0 spiro atoms. The Hall–Kier alpha value is -3.42. The Morgan fingerprint density at radius 3 is 2.92 bits per heavy atom. The van der Waals surface area contributed by atoms with Gasteiger partial charge in [-0.25, -0.2) is 4.79 Å². The molecule has 8 heteroatoms. The second kappa shape index (κ2) is 6.78. The van der Waals surface area contributed by atoms with E-state index < -0.39 is 6.09 Å². The van der Waals surface area contributed by atoms with Gasteiger partial charge in [0.2, 0.25) is 0 Å². The predicted octanol–water partition coefficient (Wildman–Crippen LogP) is 2.07. The summed E-state index contributed by atoms with van der Waals surface area (Å²) < 4.78 is 4.49. The number of amides is 2. The molecule has 0 aliphatic rings. The number of carbonyl (C=O) groups is 2. The summed E-state index contributed by atoms with van der Waals surface area (Å²) in [4.78, 5) is 27.6. The smallest absolute Gasteiger partial charge is 0.407 e. The summed E-state index contributed by atoms with van der Waals surface area (Å²) in [6.07, 6.45) is 0.945. The Morgan fingerprint density at radius 1 is 1.25 bits per heavy atom. The number of nitrogens with one attached hydrogen (secondary N) is 3. The van der Waals surface area contributed by atoms with Gasteiger partial charge in [0.25, 0.3) is 5.91 Å². The van der Waals surface area contributed by atoms with Crippen LogP contribution in [0.5, 0.6) is 0 Å². The minimum Gasteiger partial charge on any atom is -0.453 e. The van der Waals surface area contributed by atoms with E-state index in [-0.39, 0.29) is 12.5 Å². The lowest BCUT2D eigenvalue weighted by Crippen LogP contribution is -2.23. The third-order valence-electron chi connectivity index (χ3n) is 3.38. The molecule has 2 amide bonds. The van der Waals surface area contributed by atoms with Crippen LogP contribution < -0.4 is 10.6 Å². The fourth-order valence-electron chi connectivity index (χ4n) is 2.19. The molecule has 0 aliphatic heterocycles. The van der Waals surface area contributed by atoms with Crippen molar-refractivity contribution in [3.63, 3.8) is 0 Å². The third-order valence-corrected chi connectivity index (χ3v) is 3.38. The summed E-state index contributed by atoms with van der Waals surface area (Å²) in [6.45, 7) is 0.166. The summed E-state index contributed by atoms with van der Waals surface area (Å²) in [5.74, 6) is 0.149. The van der Waals surface area contributed by atoms with E-state index >= 15 is 0 Å². The van der Waals surface area contributed by atoms with E-state index in [9.17, 15) is 9.59 Å². The van der Waals surface area contributed by atoms with Crippen LogP contribution in [-0.2, 0) is 11.3 Å². The number of anilines is 1. The first kappa shape index (κ1) is 15.5. The molecule has 3 rings (SSSR count). The van der Waals surface area contributed by atoms with Crippen molar-refractivity contribution in [2.45, 2.75) is 6.54 Å². The summed E-state index contributed by atoms with van der Waals surface area (Å²) >= 11 is 0. The Kier molecular flexibility index (Phi) is 4.37. The molecule has 0 radical (unpaired) electrons. The van der Waals surface area contributed by atoms with Crippen molar-refractivity contribution < 1.29 is 14.3 Å². The van der Waals surface area contributed by atoms with E-state index in [0.717, 1.165) is 10.9 Å². The van der Waals surface area contributed by atoms with Gasteiger partial charge in [-0.3, -0.25) is 14.9 Å². The molecule has 3 aromatic rings. The van der Waals surface area contributed by atoms with E-state index in [2.05, 4.69) is 30.6 Å². The highest BCUT2D eigenvalue weighted by atomic mass is 16.5. The highest BCUT2D eigenvalue weighted by molar-refractivity contribution is 6.07. The van der Waals surface area contributed by atoms with Gasteiger partial charge in [0.1, 0.15) is 0 Å². The predicted molar refractivity (Wildman–Crippen MR) is 87.5 cm³/mol. The van der Waals surface area contributed by atoms with Crippen molar-refractivity contribution in [1.29, 1.82) is 0 Å². The van der Waals surface area contributed by atoms with Crippen LogP contribution in [0.3, 0.4) is 0 Å². The van der Waals surface area contributed by atoms with E-state index in [1.807, 2.05) is 24.3 Å². The number of methoxy groups -OCH3 is 1. The number of ether oxygens (including phenoxy) is 1. The van der Waals surface area contributed by atoms with Crippen LogP contribution in [0.2, 0.25) is 0 Å². The van der Waals surface area contributed by atoms with Gasteiger partial charge >= 0.3 is 6.09 Å². The van der Waals surface area contributed by atoms with Crippen molar-refractivity contribution in [1.82, 2.24) is 20.5 Å². The second-order valence-electron chi connectivity index (χ2n) is 4.95. The molecule has 122 valence electrons. The first-order valence-electron chi connectivity index (χ1n) is 7.18. The summed E-state index contributed by atoms with van der Waals surface area (Å²) in [5, 5.41) is 13.1. The van der Waals surface area contributed by atoms with E-state index in [1.165, 1.54) is 13.3 Å². The number of benzene rings is 1. The molecule has 2 aromatic heterocycles. The molecule has 0 aliphatic carbocycles. The molecule has 8 nitrogen and oxygen atoms in total. The van der Waals surface area contributed by atoms with Crippen LogP contribution in [0.15, 0.2) is 42.6 Å². The number of aromatic nitrogens is 3. The molecular weight excluding hydrogens is 310 g/mol. The summed E-state index contributed by atoms with van der Waals surface area (Å²) in [6, 6.07) is 10.7. The number of para-hydroxylation sites is 1. The van der Waals surface area contributed by atoms with Gasteiger partial charge in [0, 0.05) is 17.1 Å². The minimum absolute atomic E-state index is 0.166. The SMILES string of the molecule is COC(=O)NCc1cc(C(=O)Nc2n[nH]c3ccccc23)ccn1. The zero-order chi connectivity index (χ0) is 16.9. The van der Waals surface area contributed by atoms with Gasteiger partial charge in [0.15, 0.2) is 5.82 Å². The number of alkyl carbamates (subject to hydrolysis) is 1. The number of pyridine rings is 1. The molecule has 24 heavy (non-hydrogen) atoms. The number of H-pyrrole nitrogens is 1. The van der Waals surface area contributed by atoms with Crippen molar-refractivity contribution in [2.24, 2.45) is 0 Å². The van der Waals surface area contributed by atoms with Gasteiger partial charge in [-0.2, -0.15) is 5.10 Å². The number of hydrogen-bond acceptors (Lipinski definition) is 5. The van der Waals surface area contributed by atoms with Gasteiger partial charge in [-0.05, 0) is 24.3 Å². The molecule has 0 fully saturated rings. The van der Waals surface area contributed by atoms with Crippen molar-refractivity contribution in [3.8, 4) is 0 Å². The van der Waals surface area contributed by atoms with Crippen LogP contribution in [0, 0.1) is 0 Å². The lowest BCUT2D eigenvalue weighted by Gasteiger charge is -2.06. The third kappa shape index (κ3) is 3.32. The van der Waals surface area contributed by atoms with Crippen LogP contribution in [0.1, 0.15) is 16.1 Å². The van der Waals surface area contributed by atoms with Crippen LogP contribution in [0.4, 0.5) is 10.6 Å². The molecule has 2 heterocycles. The maximum atomic E-state index is 12.4. The minimum atomic E-state index is -0.561. The average molecular weight is 325 g/mol. The standard InChI is InChI=1S/C16H15N5O3/c1-24-16(23)18-9-11-8-10(6-7-17-11)15(22)19-14-12-4-2-3-5-13(12)20-21-14/h2-8H,9H2,1H3,(H,18,23)(H2,19,20,21,22). The Balaban J connectivity index is 1.74. The van der Waals surface area contributed by atoms with Gasteiger partial charge in [-0.1, -0.05) is 12.1 Å². The number of fused-ring (bicyclic) bond motifs is 1. The lowest BCUT2D eigenvalue weighted by atomic mass is 10.2. The first-order chi connectivity index (χ1) is 11.7. The van der Waals surface area contributed by atoms with Crippen molar-refractivity contribution >= 4 is 28.7 Å². The number of aromatic amines is 1. The Labute approximate surface area is 137 Å². The fraction of sp³-hybridized carbons (Fsp3) is 0.125. The van der Waals surface area contributed by atoms with Crippen molar-refractivity contribution in [2.75, 3.05) is 12.4 Å². The van der Waals surface area contributed by atoms with Crippen molar-refractivity contribution in [3.05, 3.63) is 53.9 Å². The van der Waals surface area contributed by atoms with E-state index in [1.54, 1.807) is 12.1 Å². The molecule has 1 aromatic carbocycles. The zero-order valence-corrected chi connectivity index (χ0v) is 12.9. The first-order valence-corrected chi connectivity index (χ1v) is 7.18. The van der Waals surface area contributed by atoms with E-state index in [4.69, 9.17) is 0 Å². The van der Waals surface area contributed by atoms with Gasteiger partial charge in [-0.15, -0.1) is 0 Å². The summed E-state index contributed by atoms with van der Waals surface area (Å²) in [7, 11) is 1.28. The highest BCUT2D eigenvalue weighted by Gasteiger charge is 2.12. The molecule has 0 bridgehead atoms. The van der Waals surface area contributed by atoms with E-state index in [0.29, 0.717) is 17.1 Å².